The monoisotopic (exact) mass is 294 g/mol. The van der Waals surface area contributed by atoms with Gasteiger partial charge in [0.15, 0.2) is 0 Å². The van der Waals surface area contributed by atoms with Gasteiger partial charge in [-0.1, -0.05) is 39.0 Å². The lowest BCUT2D eigenvalue weighted by Gasteiger charge is -2.23. The van der Waals surface area contributed by atoms with Crippen molar-refractivity contribution in [2.24, 2.45) is 0 Å². The van der Waals surface area contributed by atoms with Gasteiger partial charge in [-0.25, -0.2) is 0 Å². The SMILES string of the molecule is CCCCCCCCN1C(=O)C(C)NC1c1ccsc1. The van der Waals surface area contributed by atoms with Crippen LogP contribution in [0, 0.1) is 0 Å². The van der Waals surface area contributed by atoms with E-state index in [4.69, 9.17) is 0 Å². The standard InChI is InChI=1S/C16H26N2OS/c1-3-4-5-6-7-8-10-18-15(14-9-11-20-12-14)17-13(2)16(18)19/h9,11-13,15,17H,3-8,10H2,1-2H3. The van der Waals surface area contributed by atoms with Crippen LogP contribution in [0.4, 0.5) is 0 Å². The van der Waals surface area contributed by atoms with Gasteiger partial charge in [-0.15, -0.1) is 0 Å². The summed E-state index contributed by atoms with van der Waals surface area (Å²) in [6.45, 7) is 5.08. The Balaban J connectivity index is 1.82. The van der Waals surface area contributed by atoms with E-state index in [9.17, 15) is 4.79 Å². The first-order chi connectivity index (χ1) is 9.74. The second-order valence-corrected chi connectivity index (χ2v) is 6.43. The van der Waals surface area contributed by atoms with Crippen molar-refractivity contribution in [3.05, 3.63) is 22.4 Å². The maximum Gasteiger partial charge on any atom is 0.241 e. The van der Waals surface area contributed by atoms with Gasteiger partial charge in [0.25, 0.3) is 0 Å². The van der Waals surface area contributed by atoms with Crippen molar-refractivity contribution in [1.29, 1.82) is 0 Å². The first-order valence-electron chi connectivity index (χ1n) is 7.82. The second kappa shape index (κ2) is 7.79. The average Bonchev–Trinajstić information content (AvgIpc) is 3.05. The summed E-state index contributed by atoms with van der Waals surface area (Å²) < 4.78 is 0. The Labute approximate surface area is 126 Å². The van der Waals surface area contributed by atoms with Crippen molar-refractivity contribution in [2.75, 3.05) is 6.54 Å². The molecule has 1 amide bonds. The maximum absolute atomic E-state index is 12.2. The molecule has 1 aliphatic heterocycles. The van der Waals surface area contributed by atoms with E-state index in [1.807, 2.05) is 11.8 Å². The summed E-state index contributed by atoms with van der Waals surface area (Å²) in [4.78, 5) is 14.3. The molecule has 0 saturated carbocycles. The van der Waals surface area contributed by atoms with Crippen molar-refractivity contribution in [2.45, 2.75) is 64.6 Å². The summed E-state index contributed by atoms with van der Waals surface area (Å²) in [5, 5.41) is 7.61. The number of nitrogens with one attached hydrogen (secondary N) is 1. The largest absolute Gasteiger partial charge is 0.322 e. The fraction of sp³-hybridized carbons (Fsp3) is 0.688. The molecule has 4 heteroatoms. The van der Waals surface area contributed by atoms with Gasteiger partial charge >= 0.3 is 0 Å². The van der Waals surface area contributed by atoms with Gasteiger partial charge in [0.05, 0.1) is 6.04 Å². The van der Waals surface area contributed by atoms with E-state index in [-0.39, 0.29) is 18.1 Å². The molecule has 0 spiro atoms. The number of hydrogen-bond donors (Lipinski definition) is 1. The Morgan fingerprint density at radius 3 is 2.70 bits per heavy atom. The van der Waals surface area contributed by atoms with Crippen LogP contribution < -0.4 is 5.32 Å². The first-order valence-corrected chi connectivity index (χ1v) is 8.77. The number of carbonyl (C=O) groups excluding carboxylic acids is 1. The number of rotatable bonds is 8. The number of unbranched alkanes of at least 4 members (excludes halogenated alkanes) is 5. The topological polar surface area (TPSA) is 32.3 Å². The van der Waals surface area contributed by atoms with Crippen LogP contribution in [0.5, 0.6) is 0 Å². The van der Waals surface area contributed by atoms with E-state index in [0.717, 1.165) is 13.0 Å². The van der Waals surface area contributed by atoms with Crippen molar-refractivity contribution >= 4 is 17.2 Å². The van der Waals surface area contributed by atoms with Gasteiger partial charge in [0, 0.05) is 6.54 Å². The molecule has 0 bridgehead atoms. The molecule has 20 heavy (non-hydrogen) atoms. The van der Waals surface area contributed by atoms with Crippen molar-refractivity contribution in [1.82, 2.24) is 10.2 Å². The molecule has 2 rings (SSSR count). The molecule has 112 valence electrons. The fourth-order valence-corrected chi connectivity index (χ4v) is 3.46. The normalized spacial score (nSPS) is 22.7. The maximum atomic E-state index is 12.2. The molecule has 0 aromatic carbocycles. The first kappa shape index (κ1) is 15.5. The molecule has 2 atom stereocenters. The third kappa shape index (κ3) is 3.83. The van der Waals surface area contributed by atoms with Crippen LogP contribution in [-0.2, 0) is 4.79 Å². The lowest BCUT2D eigenvalue weighted by Crippen LogP contribution is -2.31. The third-order valence-electron chi connectivity index (χ3n) is 3.98. The molecule has 1 aromatic heterocycles. The minimum atomic E-state index is -0.0556. The Morgan fingerprint density at radius 1 is 1.25 bits per heavy atom. The average molecular weight is 294 g/mol. The van der Waals surface area contributed by atoms with Crippen LogP contribution in [0.2, 0.25) is 0 Å². The van der Waals surface area contributed by atoms with Crippen molar-refractivity contribution in [3.63, 3.8) is 0 Å². The van der Waals surface area contributed by atoms with E-state index < -0.39 is 0 Å². The number of carbonyl (C=O) groups is 1. The van der Waals surface area contributed by atoms with Gasteiger partial charge in [0.2, 0.25) is 5.91 Å². The predicted molar refractivity (Wildman–Crippen MR) is 84.7 cm³/mol. The summed E-state index contributed by atoms with van der Waals surface area (Å²) in [6.07, 6.45) is 7.67. The molecule has 1 saturated heterocycles. The van der Waals surface area contributed by atoms with Crippen LogP contribution >= 0.6 is 11.3 Å². The fourth-order valence-electron chi connectivity index (χ4n) is 2.78. The van der Waals surface area contributed by atoms with E-state index in [1.165, 1.54) is 37.7 Å². The highest BCUT2D eigenvalue weighted by Crippen LogP contribution is 2.27. The van der Waals surface area contributed by atoms with Gasteiger partial charge < -0.3 is 4.90 Å². The Kier molecular flexibility index (Phi) is 6.05. The minimum Gasteiger partial charge on any atom is -0.322 e. The summed E-state index contributed by atoms with van der Waals surface area (Å²) in [5.74, 6) is 0.245. The zero-order valence-electron chi connectivity index (χ0n) is 12.6. The number of amides is 1. The second-order valence-electron chi connectivity index (χ2n) is 5.65. The van der Waals surface area contributed by atoms with E-state index in [0.29, 0.717) is 0 Å². The predicted octanol–water partition coefficient (Wildman–Crippen LogP) is 3.93. The molecule has 1 fully saturated rings. The zero-order chi connectivity index (χ0) is 14.4. The van der Waals surface area contributed by atoms with Gasteiger partial charge in [-0.3, -0.25) is 10.1 Å². The van der Waals surface area contributed by atoms with Gasteiger partial charge in [0.1, 0.15) is 6.17 Å². The van der Waals surface area contributed by atoms with Crippen LogP contribution in [-0.4, -0.2) is 23.4 Å². The van der Waals surface area contributed by atoms with Crippen molar-refractivity contribution < 1.29 is 4.79 Å². The molecular weight excluding hydrogens is 268 g/mol. The number of hydrogen-bond acceptors (Lipinski definition) is 3. The highest BCUT2D eigenvalue weighted by Gasteiger charge is 2.36. The lowest BCUT2D eigenvalue weighted by molar-refractivity contribution is -0.129. The summed E-state index contributed by atoms with van der Waals surface area (Å²) in [6, 6.07) is 2.06. The van der Waals surface area contributed by atoms with Gasteiger partial charge in [-0.2, -0.15) is 11.3 Å². The quantitative estimate of drug-likeness (QED) is 0.737. The molecule has 0 radical (unpaired) electrons. The highest BCUT2D eigenvalue weighted by atomic mass is 32.1. The molecule has 2 unspecified atom stereocenters. The minimum absolute atomic E-state index is 0.0556. The summed E-state index contributed by atoms with van der Waals surface area (Å²) in [7, 11) is 0. The van der Waals surface area contributed by atoms with Crippen LogP contribution in [0.25, 0.3) is 0 Å². The molecule has 1 aliphatic rings. The van der Waals surface area contributed by atoms with Crippen LogP contribution in [0.15, 0.2) is 16.8 Å². The summed E-state index contributed by atoms with van der Waals surface area (Å²) >= 11 is 1.69. The van der Waals surface area contributed by atoms with E-state index >= 15 is 0 Å². The Morgan fingerprint density at radius 2 is 2.00 bits per heavy atom. The van der Waals surface area contributed by atoms with E-state index in [2.05, 4.69) is 29.1 Å². The summed E-state index contributed by atoms with van der Waals surface area (Å²) in [5.41, 5.74) is 1.22. The molecule has 3 nitrogen and oxygen atoms in total. The molecular formula is C16H26N2OS. The molecule has 1 N–H and O–H groups in total. The lowest BCUT2D eigenvalue weighted by atomic mass is 10.1. The number of nitrogens with zero attached hydrogens (tertiary/aromatic N) is 1. The third-order valence-corrected chi connectivity index (χ3v) is 4.69. The zero-order valence-corrected chi connectivity index (χ0v) is 13.4. The highest BCUT2D eigenvalue weighted by molar-refractivity contribution is 7.07. The molecule has 1 aromatic rings. The Bertz CT molecular complexity index is 405. The number of thiophene rings is 1. The molecule has 2 heterocycles. The smallest absolute Gasteiger partial charge is 0.241 e. The van der Waals surface area contributed by atoms with Crippen LogP contribution in [0.1, 0.15) is 64.1 Å². The van der Waals surface area contributed by atoms with E-state index in [1.54, 1.807) is 11.3 Å². The van der Waals surface area contributed by atoms with Crippen molar-refractivity contribution in [3.8, 4) is 0 Å². The Hall–Kier alpha value is -0.870. The van der Waals surface area contributed by atoms with Crippen LogP contribution in [0.3, 0.4) is 0 Å². The molecule has 0 aliphatic carbocycles. The van der Waals surface area contributed by atoms with Gasteiger partial charge in [-0.05, 0) is 35.7 Å².